The molecule has 13 heavy (non-hydrogen) atoms. The average molecular weight is 346 g/mol. The van der Waals surface area contributed by atoms with E-state index in [-0.39, 0.29) is 10.7 Å². The molecule has 0 fully saturated rings. The van der Waals surface area contributed by atoms with E-state index in [0.29, 0.717) is 14.0 Å². The average Bonchev–Trinajstić information content (AvgIpc) is 2.09. The molecule has 0 amide bonds. The Hall–Kier alpha value is 0.0700. The number of azide groups is 1. The fraction of sp³-hybridized carbons (Fsp3) is 0. The molecule has 0 N–H and O–H groups in total. The Morgan fingerprint density at radius 3 is 2.38 bits per heavy atom. The van der Waals surface area contributed by atoms with E-state index < -0.39 is 0 Å². The molecule has 0 spiro atoms. The summed E-state index contributed by atoms with van der Waals surface area (Å²) >= 11 is 18.0. The number of rotatable bonds is 1. The minimum atomic E-state index is 0.223. The Balaban J connectivity index is 3.52. The summed E-state index contributed by atoms with van der Waals surface area (Å²) in [5.74, 6) is 0. The molecule has 0 aliphatic carbocycles. The van der Waals surface area contributed by atoms with Crippen LogP contribution in [0.2, 0.25) is 10.0 Å². The number of hydrogen-bond acceptors (Lipinski definition) is 1. The van der Waals surface area contributed by atoms with E-state index in [0.717, 1.165) is 0 Å². The summed E-state index contributed by atoms with van der Waals surface area (Å²) in [6.45, 7) is 0. The highest BCUT2D eigenvalue weighted by Crippen LogP contribution is 2.42. The third kappa shape index (κ3) is 2.30. The molecule has 1 rings (SSSR count). The minimum Gasteiger partial charge on any atom is -0.0821 e. The zero-order valence-electron chi connectivity index (χ0n) is 5.93. The van der Waals surface area contributed by atoms with Gasteiger partial charge in [0, 0.05) is 13.9 Å². The second kappa shape index (κ2) is 4.53. The molecule has 0 unspecified atom stereocenters. The molecule has 0 saturated heterocycles. The van der Waals surface area contributed by atoms with Crippen LogP contribution in [0, 0.1) is 0 Å². The van der Waals surface area contributed by atoms with E-state index in [1.807, 2.05) is 0 Å². The SMILES string of the molecule is [N-]=[N+]=Nc1c(Br)cc(Br)c(Cl)c1Cl. The fourth-order valence-corrected chi connectivity index (χ4v) is 2.55. The molecule has 1 aromatic rings. The normalized spacial score (nSPS) is 9.54. The smallest absolute Gasteiger partial charge is 0.0739 e. The molecule has 0 aliphatic heterocycles. The molecule has 3 nitrogen and oxygen atoms in total. The van der Waals surface area contributed by atoms with Gasteiger partial charge < -0.3 is 0 Å². The Morgan fingerprint density at radius 1 is 1.23 bits per heavy atom. The molecule has 0 radical (unpaired) electrons. The van der Waals surface area contributed by atoms with Crippen molar-refractivity contribution in [3.05, 3.63) is 35.5 Å². The standard InChI is InChI=1S/C6HBr2Cl2N3/c7-2-1-3(8)6(12-13-11)5(10)4(2)9/h1H. The van der Waals surface area contributed by atoms with E-state index in [9.17, 15) is 0 Å². The third-order valence-electron chi connectivity index (χ3n) is 1.23. The van der Waals surface area contributed by atoms with Crippen molar-refractivity contribution in [2.75, 3.05) is 0 Å². The van der Waals surface area contributed by atoms with E-state index in [2.05, 4.69) is 41.9 Å². The molecule has 0 bridgehead atoms. The van der Waals surface area contributed by atoms with Crippen LogP contribution in [0.1, 0.15) is 0 Å². The predicted molar refractivity (Wildman–Crippen MR) is 60.7 cm³/mol. The molecule has 0 aliphatic rings. The summed E-state index contributed by atoms with van der Waals surface area (Å²) in [6, 6.07) is 1.66. The van der Waals surface area contributed by atoms with Gasteiger partial charge in [-0.1, -0.05) is 44.2 Å². The number of hydrogen-bond donors (Lipinski definition) is 0. The quantitative estimate of drug-likeness (QED) is 0.213. The van der Waals surface area contributed by atoms with Crippen molar-refractivity contribution < 1.29 is 0 Å². The Bertz CT molecular complexity index is 401. The van der Waals surface area contributed by atoms with Crippen LogP contribution in [-0.4, -0.2) is 0 Å². The highest BCUT2D eigenvalue weighted by Gasteiger charge is 2.11. The molecule has 0 heterocycles. The van der Waals surface area contributed by atoms with Gasteiger partial charge in [0.25, 0.3) is 0 Å². The monoisotopic (exact) mass is 343 g/mol. The topological polar surface area (TPSA) is 48.8 Å². The number of halogens is 4. The Kier molecular flexibility index (Phi) is 3.88. The molecular formula is C6HBr2Cl2N3. The highest BCUT2D eigenvalue weighted by molar-refractivity contribution is 9.11. The van der Waals surface area contributed by atoms with Gasteiger partial charge in [-0.15, -0.1) is 0 Å². The third-order valence-corrected chi connectivity index (χ3v) is 3.55. The van der Waals surface area contributed by atoms with Crippen molar-refractivity contribution in [2.45, 2.75) is 0 Å². The van der Waals surface area contributed by atoms with Gasteiger partial charge in [0.2, 0.25) is 0 Å². The van der Waals surface area contributed by atoms with Crippen LogP contribution < -0.4 is 0 Å². The summed E-state index contributed by atoms with van der Waals surface area (Å²) in [5, 5.41) is 3.95. The van der Waals surface area contributed by atoms with Gasteiger partial charge >= 0.3 is 0 Å². The highest BCUT2D eigenvalue weighted by atomic mass is 79.9. The maximum Gasteiger partial charge on any atom is 0.0739 e. The molecule has 7 heteroatoms. The van der Waals surface area contributed by atoms with Gasteiger partial charge in [0.05, 0.1) is 15.7 Å². The second-order valence-electron chi connectivity index (χ2n) is 2.01. The lowest BCUT2D eigenvalue weighted by Crippen LogP contribution is -1.75. The molecule has 0 saturated carbocycles. The summed E-state index contributed by atoms with van der Waals surface area (Å²) in [5.41, 5.74) is 8.54. The first-order chi connectivity index (χ1) is 6.07. The molecule has 0 atom stereocenters. The van der Waals surface area contributed by atoms with Crippen LogP contribution in [0.5, 0.6) is 0 Å². The van der Waals surface area contributed by atoms with E-state index in [1.165, 1.54) is 0 Å². The van der Waals surface area contributed by atoms with Crippen molar-refractivity contribution in [1.82, 2.24) is 0 Å². The first kappa shape index (κ1) is 11.1. The molecule has 0 aromatic heterocycles. The lowest BCUT2D eigenvalue weighted by molar-refractivity contribution is 1.44. The zero-order valence-corrected chi connectivity index (χ0v) is 10.6. The van der Waals surface area contributed by atoms with Crippen molar-refractivity contribution in [1.29, 1.82) is 0 Å². The van der Waals surface area contributed by atoms with Gasteiger partial charge in [0.15, 0.2) is 0 Å². The lowest BCUT2D eigenvalue weighted by atomic mass is 10.3. The van der Waals surface area contributed by atoms with Crippen LogP contribution in [0.4, 0.5) is 5.69 Å². The van der Waals surface area contributed by atoms with Crippen LogP contribution in [0.25, 0.3) is 10.4 Å². The van der Waals surface area contributed by atoms with E-state index >= 15 is 0 Å². The fourth-order valence-electron chi connectivity index (χ4n) is 0.693. The largest absolute Gasteiger partial charge is 0.0821 e. The van der Waals surface area contributed by atoms with Crippen LogP contribution >= 0.6 is 55.1 Å². The summed E-state index contributed by atoms with van der Waals surface area (Å²) in [7, 11) is 0. The van der Waals surface area contributed by atoms with Gasteiger partial charge in [-0.2, -0.15) is 0 Å². The van der Waals surface area contributed by atoms with Gasteiger partial charge in [-0.25, -0.2) is 0 Å². The van der Waals surface area contributed by atoms with Gasteiger partial charge in [0.1, 0.15) is 0 Å². The number of benzene rings is 1. The van der Waals surface area contributed by atoms with Crippen molar-refractivity contribution in [2.24, 2.45) is 5.11 Å². The second-order valence-corrected chi connectivity index (χ2v) is 4.47. The first-order valence-electron chi connectivity index (χ1n) is 2.96. The molecular weight excluding hydrogens is 345 g/mol. The van der Waals surface area contributed by atoms with E-state index in [4.69, 9.17) is 28.7 Å². The maximum atomic E-state index is 8.25. The zero-order chi connectivity index (χ0) is 10.0. The van der Waals surface area contributed by atoms with Crippen molar-refractivity contribution in [3.63, 3.8) is 0 Å². The van der Waals surface area contributed by atoms with Crippen LogP contribution in [0.15, 0.2) is 20.1 Å². The minimum absolute atomic E-state index is 0.223. The lowest BCUT2D eigenvalue weighted by Gasteiger charge is -2.04. The Labute approximate surface area is 101 Å². The Morgan fingerprint density at radius 2 is 1.85 bits per heavy atom. The molecule has 68 valence electrons. The van der Waals surface area contributed by atoms with Crippen molar-refractivity contribution >= 4 is 60.7 Å². The van der Waals surface area contributed by atoms with Crippen molar-refractivity contribution in [3.8, 4) is 0 Å². The molecule has 1 aromatic carbocycles. The van der Waals surface area contributed by atoms with Crippen LogP contribution in [0.3, 0.4) is 0 Å². The number of nitrogens with zero attached hydrogens (tertiary/aromatic N) is 3. The summed E-state index contributed by atoms with van der Waals surface area (Å²) in [4.78, 5) is 2.63. The van der Waals surface area contributed by atoms with Crippen LogP contribution in [-0.2, 0) is 0 Å². The maximum absolute atomic E-state index is 8.25. The summed E-state index contributed by atoms with van der Waals surface area (Å²) < 4.78 is 1.23. The van der Waals surface area contributed by atoms with Gasteiger partial charge in [-0.05, 0) is 27.5 Å². The van der Waals surface area contributed by atoms with E-state index in [1.54, 1.807) is 6.07 Å². The summed E-state index contributed by atoms with van der Waals surface area (Å²) in [6.07, 6.45) is 0. The predicted octanol–water partition coefficient (Wildman–Crippen LogP) is 5.46. The first-order valence-corrected chi connectivity index (χ1v) is 5.30. The van der Waals surface area contributed by atoms with Gasteiger partial charge in [-0.3, -0.25) is 0 Å².